The molecule has 1 saturated carbocycles. The summed E-state index contributed by atoms with van der Waals surface area (Å²) in [6, 6.07) is 7.63. The Morgan fingerprint density at radius 2 is 2.03 bits per heavy atom. The van der Waals surface area contributed by atoms with Gasteiger partial charge in [-0.3, -0.25) is 19.5 Å². The number of hydrogen-bond acceptors (Lipinski definition) is 4. The number of anilines is 1. The first-order chi connectivity index (χ1) is 14.5. The van der Waals surface area contributed by atoms with Crippen molar-refractivity contribution in [1.29, 1.82) is 0 Å². The van der Waals surface area contributed by atoms with Crippen LogP contribution < -0.4 is 15.0 Å². The van der Waals surface area contributed by atoms with Gasteiger partial charge in [0.05, 0.1) is 12.1 Å². The van der Waals surface area contributed by atoms with E-state index in [0.717, 1.165) is 25.7 Å². The highest BCUT2D eigenvalue weighted by Crippen LogP contribution is 2.34. The largest absolute Gasteiger partial charge is 0.495 e. The number of alkyl halides is 1. The number of carbonyl (C=O) groups is 2. The minimum absolute atomic E-state index is 0.0952. The van der Waals surface area contributed by atoms with Crippen LogP contribution in [0.1, 0.15) is 43.7 Å². The number of pyridine rings is 1. The molecule has 1 fully saturated rings. The Balaban J connectivity index is 2.01. The number of rotatable bonds is 7. The van der Waals surface area contributed by atoms with Gasteiger partial charge in [0.15, 0.2) is 0 Å². The molecular formula is C22H25Cl2N3O3. The number of hydrogen-bond donors (Lipinski definition) is 1. The van der Waals surface area contributed by atoms with Crippen LogP contribution in [0, 0.1) is 0 Å². The molecule has 1 heterocycles. The maximum atomic E-state index is 13.4. The molecule has 1 aliphatic rings. The molecule has 0 radical (unpaired) electrons. The third-order valence-corrected chi connectivity index (χ3v) is 5.78. The molecular weight excluding hydrogens is 425 g/mol. The van der Waals surface area contributed by atoms with Crippen LogP contribution in [0.3, 0.4) is 0 Å². The number of nitrogens with zero attached hydrogens (tertiary/aromatic N) is 2. The zero-order valence-electron chi connectivity index (χ0n) is 16.8. The van der Waals surface area contributed by atoms with Gasteiger partial charge < -0.3 is 10.1 Å². The van der Waals surface area contributed by atoms with E-state index in [1.54, 1.807) is 42.7 Å². The second-order valence-electron chi connectivity index (χ2n) is 7.25. The molecule has 30 heavy (non-hydrogen) atoms. The molecule has 160 valence electrons. The average Bonchev–Trinajstić information content (AvgIpc) is 2.78. The fraction of sp³-hybridized carbons (Fsp3) is 0.409. The highest BCUT2D eigenvalue weighted by molar-refractivity contribution is 6.33. The van der Waals surface area contributed by atoms with E-state index in [9.17, 15) is 9.59 Å². The SMILES string of the molecule is COc1ccc(N(C(=O)CCl)[C@H](C(=O)NC2CCCCC2)c2cccnc2)cc1Cl. The predicted octanol–water partition coefficient (Wildman–Crippen LogP) is 4.51. The fourth-order valence-electron chi connectivity index (χ4n) is 3.79. The zero-order chi connectivity index (χ0) is 21.5. The normalized spacial score (nSPS) is 15.3. The molecule has 8 heteroatoms. The maximum Gasteiger partial charge on any atom is 0.248 e. The monoisotopic (exact) mass is 449 g/mol. The molecule has 3 rings (SSSR count). The first-order valence-corrected chi connectivity index (χ1v) is 10.9. The molecule has 0 spiro atoms. The molecule has 1 aromatic carbocycles. The van der Waals surface area contributed by atoms with E-state index in [2.05, 4.69) is 10.3 Å². The van der Waals surface area contributed by atoms with Crippen molar-refractivity contribution in [3.63, 3.8) is 0 Å². The van der Waals surface area contributed by atoms with Crippen molar-refractivity contribution in [2.45, 2.75) is 44.2 Å². The Bertz CT molecular complexity index is 873. The molecule has 1 aliphatic carbocycles. The van der Waals surface area contributed by atoms with E-state index in [4.69, 9.17) is 27.9 Å². The summed E-state index contributed by atoms with van der Waals surface area (Å²) in [6.07, 6.45) is 8.43. The van der Waals surface area contributed by atoms with Crippen LogP contribution in [0.25, 0.3) is 0 Å². The molecule has 1 aromatic heterocycles. The first-order valence-electron chi connectivity index (χ1n) is 9.97. The summed E-state index contributed by atoms with van der Waals surface area (Å²) in [5.41, 5.74) is 1.05. The summed E-state index contributed by atoms with van der Waals surface area (Å²) < 4.78 is 5.21. The van der Waals surface area contributed by atoms with Crippen molar-refractivity contribution >= 4 is 40.7 Å². The van der Waals surface area contributed by atoms with Crippen LogP contribution in [-0.2, 0) is 9.59 Å². The van der Waals surface area contributed by atoms with Gasteiger partial charge in [0.1, 0.15) is 17.7 Å². The topological polar surface area (TPSA) is 71.5 Å². The number of aromatic nitrogens is 1. The average molecular weight is 450 g/mol. The van der Waals surface area contributed by atoms with Crippen molar-refractivity contribution in [3.05, 3.63) is 53.3 Å². The lowest BCUT2D eigenvalue weighted by molar-refractivity contribution is -0.126. The van der Waals surface area contributed by atoms with E-state index >= 15 is 0 Å². The molecule has 0 bridgehead atoms. The zero-order valence-corrected chi connectivity index (χ0v) is 18.3. The lowest BCUT2D eigenvalue weighted by Gasteiger charge is -2.33. The fourth-order valence-corrected chi connectivity index (χ4v) is 4.17. The molecule has 2 amide bonds. The number of methoxy groups -OCH3 is 1. The summed E-state index contributed by atoms with van der Waals surface area (Å²) >= 11 is 12.2. The van der Waals surface area contributed by atoms with Crippen molar-refractivity contribution in [1.82, 2.24) is 10.3 Å². The van der Waals surface area contributed by atoms with E-state index in [1.165, 1.54) is 18.4 Å². The molecule has 1 N–H and O–H groups in total. The van der Waals surface area contributed by atoms with Gasteiger partial charge >= 0.3 is 0 Å². The number of amides is 2. The second-order valence-corrected chi connectivity index (χ2v) is 7.92. The van der Waals surface area contributed by atoms with Crippen LogP contribution in [0.4, 0.5) is 5.69 Å². The summed E-state index contributed by atoms with van der Waals surface area (Å²) in [4.78, 5) is 31.9. The number of nitrogens with one attached hydrogen (secondary N) is 1. The summed E-state index contributed by atoms with van der Waals surface area (Å²) in [6.45, 7) is 0. The van der Waals surface area contributed by atoms with Crippen molar-refractivity contribution in [3.8, 4) is 5.75 Å². The highest BCUT2D eigenvalue weighted by Gasteiger charge is 2.34. The first kappa shape index (κ1) is 22.4. The van der Waals surface area contributed by atoms with E-state index in [0.29, 0.717) is 22.0 Å². The second kappa shape index (κ2) is 10.6. The van der Waals surface area contributed by atoms with Gasteiger partial charge in [-0.1, -0.05) is 36.9 Å². The quantitative estimate of drug-likeness (QED) is 0.631. The van der Waals surface area contributed by atoms with Gasteiger partial charge in [-0.15, -0.1) is 11.6 Å². The Hall–Kier alpha value is -2.31. The van der Waals surface area contributed by atoms with Gasteiger partial charge in [-0.25, -0.2) is 0 Å². The van der Waals surface area contributed by atoms with E-state index in [-0.39, 0.29) is 17.8 Å². The van der Waals surface area contributed by atoms with Crippen LogP contribution >= 0.6 is 23.2 Å². The third kappa shape index (κ3) is 5.24. The smallest absolute Gasteiger partial charge is 0.248 e. The lowest BCUT2D eigenvalue weighted by Crippen LogP contribution is -2.47. The van der Waals surface area contributed by atoms with Crippen LogP contribution in [-0.4, -0.2) is 35.8 Å². The molecule has 0 aliphatic heterocycles. The Kier molecular flexibility index (Phi) is 7.94. The lowest BCUT2D eigenvalue weighted by atomic mass is 9.94. The van der Waals surface area contributed by atoms with Gasteiger partial charge in [-0.2, -0.15) is 0 Å². The summed E-state index contributed by atoms with van der Waals surface area (Å²) in [5, 5.41) is 3.46. The van der Waals surface area contributed by atoms with Gasteiger partial charge in [0.25, 0.3) is 0 Å². The van der Waals surface area contributed by atoms with Crippen molar-refractivity contribution < 1.29 is 14.3 Å². The predicted molar refractivity (Wildman–Crippen MR) is 118 cm³/mol. The van der Waals surface area contributed by atoms with Crippen molar-refractivity contribution in [2.24, 2.45) is 0 Å². The highest BCUT2D eigenvalue weighted by atomic mass is 35.5. The molecule has 0 saturated heterocycles. The van der Waals surface area contributed by atoms with Crippen molar-refractivity contribution in [2.75, 3.05) is 17.9 Å². The Morgan fingerprint density at radius 1 is 1.27 bits per heavy atom. The van der Waals surface area contributed by atoms with Crippen LogP contribution in [0.5, 0.6) is 5.75 Å². The third-order valence-electron chi connectivity index (χ3n) is 5.25. The van der Waals surface area contributed by atoms with Crippen LogP contribution in [0.15, 0.2) is 42.7 Å². The van der Waals surface area contributed by atoms with Crippen LogP contribution in [0.2, 0.25) is 5.02 Å². The minimum Gasteiger partial charge on any atom is -0.495 e. The molecule has 1 atom stereocenters. The Labute approximate surface area is 186 Å². The Morgan fingerprint density at radius 3 is 2.63 bits per heavy atom. The molecule has 0 unspecified atom stereocenters. The molecule has 2 aromatic rings. The van der Waals surface area contributed by atoms with Gasteiger partial charge in [-0.05, 0) is 37.1 Å². The maximum absolute atomic E-state index is 13.4. The number of benzene rings is 1. The summed E-state index contributed by atoms with van der Waals surface area (Å²) in [5.74, 6) is -0.481. The summed E-state index contributed by atoms with van der Waals surface area (Å²) in [7, 11) is 1.51. The van der Waals surface area contributed by atoms with Gasteiger partial charge in [0.2, 0.25) is 11.8 Å². The number of halogens is 2. The van der Waals surface area contributed by atoms with E-state index < -0.39 is 11.9 Å². The number of carbonyl (C=O) groups excluding carboxylic acids is 2. The van der Waals surface area contributed by atoms with Gasteiger partial charge in [0, 0.05) is 29.7 Å². The minimum atomic E-state index is -0.920. The van der Waals surface area contributed by atoms with E-state index in [1.807, 2.05) is 0 Å². The molecule has 6 nitrogen and oxygen atoms in total. The standard InChI is InChI=1S/C22H25Cl2N3O3/c1-30-19-10-9-17(12-18(19)24)27(20(28)13-23)21(15-6-5-11-25-14-15)22(29)26-16-7-3-2-4-8-16/h5-6,9-12,14,16,21H,2-4,7-8,13H2,1H3,(H,26,29)/t21-/m0/s1. The number of ether oxygens (including phenoxy) is 1.